The Morgan fingerprint density at radius 3 is 1.82 bits per heavy atom. The molecule has 142 valence electrons. The Hall–Kier alpha value is -3.23. The predicted octanol–water partition coefficient (Wildman–Crippen LogP) is 4.83. The minimum Gasteiger partial charge on any atom is -0.497 e. The summed E-state index contributed by atoms with van der Waals surface area (Å²) < 4.78 is 10.5. The Labute approximate surface area is 169 Å². The van der Waals surface area contributed by atoms with Crippen molar-refractivity contribution in [1.82, 2.24) is 4.98 Å². The van der Waals surface area contributed by atoms with Crippen molar-refractivity contribution in [2.24, 2.45) is 0 Å². The van der Waals surface area contributed by atoms with Crippen LogP contribution in [0.3, 0.4) is 0 Å². The van der Waals surface area contributed by atoms with Crippen molar-refractivity contribution < 1.29 is 9.47 Å². The Morgan fingerprint density at radius 2 is 1.39 bits per heavy atom. The molecule has 0 saturated carbocycles. The first kappa shape index (κ1) is 19.5. The summed E-state index contributed by atoms with van der Waals surface area (Å²) in [6.07, 6.45) is 0. The molecule has 28 heavy (non-hydrogen) atoms. The van der Waals surface area contributed by atoms with Crippen molar-refractivity contribution in [3.8, 4) is 17.6 Å². The molecule has 0 atom stereocenters. The van der Waals surface area contributed by atoms with Crippen molar-refractivity contribution in [2.75, 3.05) is 19.1 Å². The average molecular weight is 394 g/mol. The fourth-order valence-electron chi connectivity index (χ4n) is 2.83. The molecular formula is C22H20ClN3O2. The van der Waals surface area contributed by atoms with E-state index in [4.69, 9.17) is 21.1 Å². The molecule has 0 aliphatic carbocycles. The highest BCUT2D eigenvalue weighted by atomic mass is 35.5. The molecule has 0 bridgehead atoms. The number of pyridine rings is 1. The zero-order chi connectivity index (χ0) is 19.9. The molecule has 1 aromatic heterocycles. The van der Waals surface area contributed by atoms with Crippen LogP contribution in [0.25, 0.3) is 0 Å². The number of benzene rings is 2. The third kappa shape index (κ3) is 4.93. The number of ether oxygens (including phenoxy) is 2. The Morgan fingerprint density at radius 1 is 0.893 bits per heavy atom. The molecule has 1 heterocycles. The number of hydrogen-bond donors (Lipinski definition) is 0. The van der Waals surface area contributed by atoms with Gasteiger partial charge < -0.3 is 14.4 Å². The topological polar surface area (TPSA) is 58.4 Å². The summed E-state index contributed by atoms with van der Waals surface area (Å²) in [5.41, 5.74) is 2.66. The molecule has 3 aromatic rings. The molecule has 5 nitrogen and oxygen atoms in total. The van der Waals surface area contributed by atoms with Crippen LogP contribution in [0.1, 0.15) is 16.7 Å². The van der Waals surface area contributed by atoms with Gasteiger partial charge in [-0.3, -0.25) is 0 Å². The van der Waals surface area contributed by atoms with Gasteiger partial charge in [0.15, 0.2) is 0 Å². The van der Waals surface area contributed by atoms with Crippen molar-refractivity contribution in [3.63, 3.8) is 0 Å². The van der Waals surface area contributed by atoms with Crippen LogP contribution in [0, 0.1) is 11.3 Å². The minimum atomic E-state index is 0.295. The molecular weight excluding hydrogens is 374 g/mol. The normalized spacial score (nSPS) is 10.2. The van der Waals surface area contributed by atoms with Gasteiger partial charge in [-0.2, -0.15) is 5.26 Å². The quantitative estimate of drug-likeness (QED) is 0.538. The molecule has 0 aliphatic heterocycles. The van der Waals surface area contributed by atoms with E-state index in [9.17, 15) is 5.26 Å². The lowest BCUT2D eigenvalue weighted by Gasteiger charge is -2.24. The standard InChI is InChI=1S/C22H20ClN3O2/c1-27-19-7-3-16(4-8-19)14-26(15-17-5-9-20(28-2)10-6-17)22-12-18(13-24)11-21(23)25-22/h3-12H,14-15H2,1-2H3. The largest absolute Gasteiger partial charge is 0.497 e. The number of nitriles is 1. The Balaban J connectivity index is 1.92. The van der Waals surface area contributed by atoms with E-state index < -0.39 is 0 Å². The molecule has 0 unspecified atom stereocenters. The summed E-state index contributed by atoms with van der Waals surface area (Å²) in [5.74, 6) is 2.26. The lowest BCUT2D eigenvalue weighted by Crippen LogP contribution is -2.23. The van der Waals surface area contributed by atoms with Gasteiger partial charge in [0.1, 0.15) is 22.5 Å². The molecule has 6 heteroatoms. The first-order valence-electron chi connectivity index (χ1n) is 8.70. The van der Waals surface area contributed by atoms with E-state index in [0.717, 1.165) is 22.6 Å². The number of anilines is 1. The number of rotatable bonds is 7. The number of methoxy groups -OCH3 is 2. The van der Waals surface area contributed by atoms with E-state index in [2.05, 4.69) is 16.0 Å². The van der Waals surface area contributed by atoms with Gasteiger partial charge in [0, 0.05) is 13.1 Å². The lowest BCUT2D eigenvalue weighted by molar-refractivity contribution is 0.414. The smallest absolute Gasteiger partial charge is 0.132 e. The van der Waals surface area contributed by atoms with E-state index >= 15 is 0 Å². The highest BCUT2D eigenvalue weighted by Crippen LogP contribution is 2.24. The maximum absolute atomic E-state index is 9.28. The van der Waals surface area contributed by atoms with Gasteiger partial charge in [-0.05, 0) is 47.5 Å². The van der Waals surface area contributed by atoms with Crippen LogP contribution in [0.4, 0.5) is 5.82 Å². The fourth-order valence-corrected chi connectivity index (χ4v) is 3.03. The van der Waals surface area contributed by atoms with Gasteiger partial charge in [0.05, 0.1) is 25.9 Å². The maximum Gasteiger partial charge on any atom is 0.132 e. The molecule has 0 aliphatic rings. The van der Waals surface area contributed by atoms with Gasteiger partial charge in [-0.1, -0.05) is 35.9 Å². The summed E-state index contributed by atoms with van der Waals surface area (Å²) >= 11 is 6.14. The van der Waals surface area contributed by atoms with Crippen LogP contribution in [-0.4, -0.2) is 19.2 Å². The van der Waals surface area contributed by atoms with Crippen molar-refractivity contribution in [1.29, 1.82) is 5.26 Å². The van der Waals surface area contributed by atoms with Crippen LogP contribution in [0.2, 0.25) is 5.15 Å². The van der Waals surface area contributed by atoms with Gasteiger partial charge in [0.2, 0.25) is 0 Å². The Bertz CT molecular complexity index is 917. The molecule has 0 spiro atoms. The molecule has 0 N–H and O–H groups in total. The fraction of sp³-hybridized carbons (Fsp3) is 0.182. The Kier molecular flexibility index (Phi) is 6.36. The third-order valence-electron chi connectivity index (χ3n) is 4.30. The molecule has 0 radical (unpaired) electrons. The molecule has 2 aromatic carbocycles. The summed E-state index contributed by atoms with van der Waals surface area (Å²) in [6, 6.07) is 21.2. The van der Waals surface area contributed by atoms with Gasteiger partial charge in [-0.15, -0.1) is 0 Å². The van der Waals surface area contributed by atoms with Crippen LogP contribution < -0.4 is 14.4 Å². The highest BCUT2D eigenvalue weighted by molar-refractivity contribution is 6.29. The first-order chi connectivity index (χ1) is 13.6. The summed E-state index contributed by atoms with van der Waals surface area (Å²) in [5, 5.41) is 9.58. The zero-order valence-corrected chi connectivity index (χ0v) is 16.5. The van der Waals surface area contributed by atoms with Crippen LogP contribution in [-0.2, 0) is 13.1 Å². The van der Waals surface area contributed by atoms with Crippen LogP contribution in [0.5, 0.6) is 11.5 Å². The van der Waals surface area contributed by atoms with Gasteiger partial charge in [0.25, 0.3) is 0 Å². The first-order valence-corrected chi connectivity index (χ1v) is 9.07. The molecule has 0 fully saturated rings. The number of nitrogens with zero attached hydrogens (tertiary/aromatic N) is 3. The summed E-state index contributed by atoms with van der Waals surface area (Å²) in [4.78, 5) is 6.51. The summed E-state index contributed by atoms with van der Waals surface area (Å²) in [7, 11) is 3.29. The van der Waals surface area contributed by atoms with E-state index in [0.29, 0.717) is 29.6 Å². The monoisotopic (exact) mass is 393 g/mol. The van der Waals surface area contributed by atoms with Gasteiger partial charge in [-0.25, -0.2) is 4.98 Å². The van der Waals surface area contributed by atoms with E-state index in [1.165, 1.54) is 0 Å². The average Bonchev–Trinajstić information content (AvgIpc) is 2.73. The molecule has 0 amide bonds. The van der Waals surface area contributed by atoms with Crippen molar-refractivity contribution in [2.45, 2.75) is 13.1 Å². The predicted molar refractivity (Wildman–Crippen MR) is 110 cm³/mol. The highest BCUT2D eigenvalue weighted by Gasteiger charge is 2.13. The number of halogens is 1. The molecule has 0 saturated heterocycles. The lowest BCUT2D eigenvalue weighted by atomic mass is 10.1. The van der Waals surface area contributed by atoms with E-state index in [1.54, 1.807) is 26.4 Å². The van der Waals surface area contributed by atoms with Gasteiger partial charge >= 0.3 is 0 Å². The van der Waals surface area contributed by atoms with Crippen LogP contribution >= 0.6 is 11.6 Å². The van der Waals surface area contributed by atoms with Crippen LogP contribution in [0.15, 0.2) is 60.7 Å². The second kappa shape index (κ2) is 9.12. The number of hydrogen-bond acceptors (Lipinski definition) is 5. The second-order valence-electron chi connectivity index (χ2n) is 6.20. The third-order valence-corrected chi connectivity index (χ3v) is 4.49. The zero-order valence-electron chi connectivity index (χ0n) is 15.7. The summed E-state index contributed by atoms with van der Waals surface area (Å²) in [6.45, 7) is 1.21. The molecule has 3 rings (SSSR count). The van der Waals surface area contributed by atoms with E-state index in [1.807, 2.05) is 48.5 Å². The maximum atomic E-state index is 9.28. The van der Waals surface area contributed by atoms with Crippen molar-refractivity contribution >= 4 is 17.4 Å². The SMILES string of the molecule is COc1ccc(CN(Cc2ccc(OC)cc2)c2cc(C#N)cc(Cl)n2)cc1. The number of aromatic nitrogens is 1. The van der Waals surface area contributed by atoms with Crippen molar-refractivity contribution in [3.05, 3.63) is 82.5 Å². The van der Waals surface area contributed by atoms with E-state index in [-0.39, 0.29) is 0 Å². The second-order valence-corrected chi connectivity index (χ2v) is 6.59. The minimum absolute atomic E-state index is 0.295.